The number of carbonyl (C=O) groups excluding carboxylic acids is 1. The van der Waals surface area contributed by atoms with Crippen LogP contribution in [0.1, 0.15) is 32.4 Å². The number of hydrogen-bond acceptors (Lipinski definition) is 4. The van der Waals surface area contributed by atoms with Crippen molar-refractivity contribution in [2.45, 2.75) is 6.10 Å². The first kappa shape index (κ1) is 19.9. The van der Waals surface area contributed by atoms with Gasteiger partial charge in [-0.05, 0) is 29.8 Å². The summed E-state index contributed by atoms with van der Waals surface area (Å²) in [6.07, 6.45) is -1.16. The minimum Gasteiger partial charge on any atom is -0.496 e. The molecule has 3 aromatic rings. The Morgan fingerprint density at radius 1 is 0.815 bits per heavy atom. The van der Waals surface area contributed by atoms with Crippen LogP contribution in [0.15, 0.2) is 84.9 Å². The van der Waals surface area contributed by atoms with Gasteiger partial charge in [-0.25, -0.2) is 4.79 Å². The van der Waals surface area contributed by atoms with Crippen molar-refractivity contribution in [2.24, 2.45) is 0 Å². The van der Waals surface area contributed by atoms with Crippen LogP contribution in [0.25, 0.3) is 0 Å². The van der Waals surface area contributed by atoms with Crippen LogP contribution in [0.4, 0.5) is 0 Å². The lowest BCUT2D eigenvalue weighted by molar-refractivity contribution is 0.0696. The lowest BCUT2D eigenvalue weighted by Crippen LogP contribution is -2.13. The molecule has 0 aromatic heterocycles. The van der Waals surface area contributed by atoms with Gasteiger partial charge in [0.05, 0.1) is 18.2 Å². The third-order valence-electron chi connectivity index (χ3n) is 3.76. The number of methoxy groups -OCH3 is 1. The van der Waals surface area contributed by atoms with Gasteiger partial charge in [0.25, 0.3) is 0 Å². The van der Waals surface area contributed by atoms with E-state index in [0.717, 1.165) is 0 Å². The summed E-state index contributed by atoms with van der Waals surface area (Å²) in [6, 6.07) is 24.0. The average Bonchev–Trinajstić information content (AvgIpc) is 2.74. The molecule has 1 atom stereocenters. The fourth-order valence-corrected chi connectivity index (χ4v) is 2.36. The number of carbonyl (C=O) groups is 2. The van der Waals surface area contributed by atoms with Crippen molar-refractivity contribution < 1.29 is 24.5 Å². The van der Waals surface area contributed by atoms with Gasteiger partial charge in [0, 0.05) is 0 Å². The second kappa shape index (κ2) is 9.89. The van der Waals surface area contributed by atoms with E-state index in [9.17, 15) is 14.7 Å². The molecule has 0 radical (unpaired) electrons. The molecule has 5 nitrogen and oxygen atoms in total. The molecular weight excluding hydrogens is 344 g/mol. The van der Waals surface area contributed by atoms with Crippen molar-refractivity contribution in [2.75, 3.05) is 7.11 Å². The van der Waals surface area contributed by atoms with Gasteiger partial charge >= 0.3 is 5.97 Å². The van der Waals surface area contributed by atoms with Crippen molar-refractivity contribution in [1.82, 2.24) is 0 Å². The molecule has 1 unspecified atom stereocenters. The molecule has 138 valence electrons. The van der Waals surface area contributed by atoms with Crippen LogP contribution in [-0.4, -0.2) is 29.1 Å². The highest BCUT2D eigenvalue weighted by atomic mass is 16.5. The molecule has 3 rings (SSSR count). The second-order valence-corrected chi connectivity index (χ2v) is 5.55. The minimum atomic E-state index is -1.16. The number of aliphatic hydroxyl groups excluding tert-OH is 1. The Hall–Kier alpha value is -3.44. The Morgan fingerprint density at radius 2 is 1.33 bits per heavy atom. The van der Waals surface area contributed by atoms with E-state index in [1.54, 1.807) is 78.9 Å². The minimum absolute atomic E-state index is 0.331. The summed E-state index contributed by atoms with van der Waals surface area (Å²) in [5, 5.41) is 18.4. The van der Waals surface area contributed by atoms with Gasteiger partial charge in [-0.2, -0.15) is 0 Å². The molecule has 0 saturated carbocycles. The number of hydrogen-bond donors (Lipinski definition) is 2. The molecule has 0 bridgehead atoms. The molecule has 27 heavy (non-hydrogen) atoms. The largest absolute Gasteiger partial charge is 0.496 e. The van der Waals surface area contributed by atoms with Gasteiger partial charge in [-0.1, -0.05) is 60.7 Å². The molecular formula is C22H20O5. The number of benzene rings is 3. The Morgan fingerprint density at radius 3 is 1.85 bits per heavy atom. The van der Waals surface area contributed by atoms with Crippen LogP contribution >= 0.6 is 0 Å². The maximum atomic E-state index is 12.2. The number of ketones is 1. The van der Waals surface area contributed by atoms with Crippen LogP contribution in [-0.2, 0) is 0 Å². The first-order valence-corrected chi connectivity index (χ1v) is 8.23. The molecule has 5 heteroatoms. The summed E-state index contributed by atoms with van der Waals surface area (Å²) in [5.74, 6) is -0.772. The normalized spacial score (nSPS) is 10.9. The quantitative estimate of drug-likeness (QED) is 0.669. The van der Waals surface area contributed by atoms with E-state index in [1.165, 1.54) is 7.11 Å². The van der Waals surface area contributed by atoms with Gasteiger partial charge in [0.1, 0.15) is 11.9 Å². The molecule has 3 aromatic carbocycles. The highest BCUT2D eigenvalue weighted by Gasteiger charge is 2.21. The van der Waals surface area contributed by atoms with Crippen molar-refractivity contribution in [3.63, 3.8) is 0 Å². The molecule has 0 aliphatic rings. The van der Waals surface area contributed by atoms with Crippen LogP contribution in [0.3, 0.4) is 0 Å². The van der Waals surface area contributed by atoms with E-state index in [4.69, 9.17) is 9.84 Å². The van der Waals surface area contributed by atoms with Crippen molar-refractivity contribution in [3.05, 3.63) is 102 Å². The Balaban J connectivity index is 0.000000244. The van der Waals surface area contributed by atoms with E-state index < -0.39 is 12.1 Å². The topological polar surface area (TPSA) is 83.8 Å². The number of rotatable bonds is 5. The number of carboxylic acid groups (broad SMARTS) is 1. The highest BCUT2D eigenvalue weighted by molar-refractivity contribution is 6.02. The van der Waals surface area contributed by atoms with E-state index in [2.05, 4.69) is 0 Å². The molecule has 0 saturated heterocycles. The lowest BCUT2D eigenvalue weighted by atomic mass is 9.99. The van der Waals surface area contributed by atoms with E-state index in [-0.39, 0.29) is 5.78 Å². The highest BCUT2D eigenvalue weighted by Crippen LogP contribution is 2.24. The van der Waals surface area contributed by atoms with Crippen molar-refractivity contribution in [3.8, 4) is 5.75 Å². The van der Waals surface area contributed by atoms with E-state index >= 15 is 0 Å². The molecule has 0 aliphatic heterocycles. The second-order valence-electron chi connectivity index (χ2n) is 5.55. The number of carboxylic acids is 1. The zero-order valence-electron chi connectivity index (χ0n) is 14.8. The predicted octanol–water partition coefficient (Wildman–Crippen LogP) is 4.00. The Labute approximate surface area is 157 Å². The summed E-state index contributed by atoms with van der Waals surface area (Å²) in [6.45, 7) is 0. The zero-order chi connectivity index (χ0) is 19.6. The predicted molar refractivity (Wildman–Crippen MR) is 102 cm³/mol. The number of aromatic carboxylic acids is 1. The number of Topliss-reactive ketones (excluding diaryl/α,β-unsaturated/α-hetero) is 1. The maximum absolute atomic E-state index is 12.2. The summed E-state index contributed by atoms with van der Waals surface area (Å²) in [4.78, 5) is 22.4. The summed E-state index contributed by atoms with van der Waals surface area (Å²) in [7, 11) is 1.50. The van der Waals surface area contributed by atoms with Crippen LogP contribution in [0, 0.1) is 0 Å². The Bertz CT molecular complexity index is 875. The molecule has 0 fully saturated rings. The maximum Gasteiger partial charge on any atom is 0.335 e. The van der Waals surface area contributed by atoms with Crippen LogP contribution in [0.5, 0.6) is 5.75 Å². The summed E-state index contributed by atoms with van der Waals surface area (Å²) < 4.78 is 5.12. The van der Waals surface area contributed by atoms with Crippen molar-refractivity contribution in [1.29, 1.82) is 0 Å². The third kappa shape index (κ3) is 5.52. The molecule has 0 aliphatic carbocycles. The van der Waals surface area contributed by atoms with Crippen molar-refractivity contribution >= 4 is 11.8 Å². The molecule has 0 spiro atoms. The standard InChI is InChI=1S/C15H14O3.C7H6O2/c1-18-13-10-6-5-9-12(13)15(17)14(16)11-7-3-2-4-8-11;8-7(9)6-4-2-1-3-5-6/h2-10,14,16H,1H3;1-5H,(H,8,9). The monoisotopic (exact) mass is 364 g/mol. The van der Waals surface area contributed by atoms with Crippen LogP contribution < -0.4 is 4.74 Å². The summed E-state index contributed by atoms with van der Waals surface area (Å²) in [5.41, 5.74) is 1.29. The van der Waals surface area contributed by atoms with E-state index in [1.807, 2.05) is 6.07 Å². The number of ether oxygens (including phenoxy) is 1. The van der Waals surface area contributed by atoms with Gasteiger partial charge < -0.3 is 14.9 Å². The average molecular weight is 364 g/mol. The zero-order valence-corrected chi connectivity index (χ0v) is 14.8. The fourth-order valence-electron chi connectivity index (χ4n) is 2.36. The van der Waals surface area contributed by atoms with Gasteiger partial charge in [0.15, 0.2) is 5.78 Å². The third-order valence-corrected chi connectivity index (χ3v) is 3.76. The van der Waals surface area contributed by atoms with E-state index in [0.29, 0.717) is 22.4 Å². The SMILES string of the molecule is COc1ccccc1C(=O)C(O)c1ccccc1.O=C(O)c1ccccc1. The first-order chi connectivity index (χ1) is 13.0. The van der Waals surface area contributed by atoms with Gasteiger partial charge in [-0.15, -0.1) is 0 Å². The van der Waals surface area contributed by atoms with Gasteiger partial charge in [0.2, 0.25) is 0 Å². The fraction of sp³-hybridized carbons (Fsp3) is 0.0909. The smallest absolute Gasteiger partial charge is 0.335 e. The molecule has 2 N–H and O–H groups in total. The van der Waals surface area contributed by atoms with Crippen LogP contribution in [0.2, 0.25) is 0 Å². The Kier molecular flexibility index (Phi) is 7.28. The number of aliphatic hydroxyl groups is 1. The molecule has 0 heterocycles. The number of para-hydroxylation sites is 1. The summed E-state index contributed by atoms with van der Waals surface area (Å²) >= 11 is 0. The first-order valence-electron chi connectivity index (χ1n) is 8.23. The van der Waals surface area contributed by atoms with Gasteiger partial charge in [-0.3, -0.25) is 4.79 Å². The molecule has 0 amide bonds. The lowest BCUT2D eigenvalue weighted by Gasteiger charge is -2.12.